The summed E-state index contributed by atoms with van der Waals surface area (Å²) in [6.45, 7) is 0. The van der Waals surface area contributed by atoms with Crippen molar-refractivity contribution in [1.29, 1.82) is 0 Å². The van der Waals surface area contributed by atoms with E-state index in [9.17, 15) is 26.8 Å². The number of methoxy groups -OCH3 is 1. The lowest BCUT2D eigenvalue weighted by molar-refractivity contribution is -0.132. The van der Waals surface area contributed by atoms with Crippen LogP contribution in [0.1, 0.15) is 24.8 Å². The van der Waals surface area contributed by atoms with Gasteiger partial charge in [-0.3, -0.25) is 10.0 Å². The van der Waals surface area contributed by atoms with Gasteiger partial charge in [-0.1, -0.05) is 55.0 Å². The number of benzene rings is 3. The number of carbonyl (C=O) groups is 1. The van der Waals surface area contributed by atoms with Crippen LogP contribution in [0, 0.1) is 5.92 Å². The summed E-state index contributed by atoms with van der Waals surface area (Å²) in [5, 5.41) is 8.05. The molecule has 0 aliphatic carbocycles. The van der Waals surface area contributed by atoms with Crippen molar-refractivity contribution in [2.75, 3.05) is 12.9 Å². The average molecular weight is 546 g/mol. The largest absolute Gasteiger partial charge is 0.497 e. The van der Waals surface area contributed by atoms with Crippen LogP contribution in [0.2, 0.25) is 0 Å². The van der Waals surface area contributed by atoms with Gasteiger partial charge in [-0.2, -0.15) is 0 Å². The van der Waals surface area contributed by atoms with Gasteiger partial charge in [0.2, 0.25) is 5.91 Å². The molecule has 0 saturated carbocycles. The van der Waals surface area contributed by atoms with Crippen molar-refractivity contribution in [3.05, 3.63) is 90.5 Å². The van der Waals surface area contributed by atoms with Crippen LogP contribution in [0.5, 0.6) is 5.75 Å². The first-order valence-electron chi connectivity index (χ1n) is 11.8. The molecule has 2 atom stereocenters. The summed E-state index contributed by atoms with van der Waals surface area (Å²) >= 11 is 0. The number of hydrogen-bond donors (Lipinski definition) is 2. The Labute approximate surface area is 218 Å². The van der Waals surface area contributed by atoms with E-state index in [4.69, 9.17) is 4.74 Å². The molecule has 8 nitrogen and oxygen atoms in total. The normalized spacial score (nSPS) is 13.5. The smallest absolute Gasteiger partial charge is 0.248 e. The highest BCUT2D eigenvalue weighted by Gasteiger charge is 2.41. The number of sulfone groups is 2. The lowest BCUT2D eigenvalue weighted by atomic mass is 9.99. The Hall–Kier alpha value is -3.21. The molecule has 0 aromatic heterocycles. The van der Waals surface area contributed by atoms with Gasteiger partial charge in [-0.15, -0.1) is 0 Å². The molecule has 37 heavy (non-hydrogen) atoms. The maximum Gasteiger partial charge on any atom is 0.248 e. The topological polar surface area (TPSA) is 127 Å². The standard InChI is InChI=1S/C27H31NO7S2/c1-35-22-16-18-24(19-17-22)37(33,34)26(15-9-8-12-21-10-4-2-5-11-21)25(27(29)28-30)20-36(31,32)23-13-6-3-7-14-23/h2-7,10-11,13-14,16-19,25-26,30H,8-9,12,15,20H2,1H3,(H,28,29). The molecular weight excluding hydrogens is 514 g/mol. The van der Waals surface area contributed by atoms with Gasteiger partial charge in [0.15, 0.2) is 19.7 Å². The minimum atomic E-state index is -4.17. The first-order chi connectivity index (χ1) is 17.7. The number of rotatable bonds is 13. The molecule has 1 amide bonds. The predicted octanol–water partition coefficient (Wildman–Crippen LogP) is 3.85. The fourth-order valence-corrected chi connectivity index (χ4v) is 7.96. The summed E-state index contributed by atoms with van der Waals surface area (Å²) in [5.41, 5.74) is 2.58. The third-order valence-corrected chi connectivity index (χ3v) is 10.3. The maximum absolute atomic E-state index is 13.8. The van der Waals surface area contributed by atoms with E-state index in [0.29, 0.717) is 25.0 Å². The molecule has 3 rings (SSSR count). The Morgan fingerprint density at radius 1 is 0.838 bits per heavy atom. The van der Waals surface area contributed by atoms with Crippen LogP contribution in [0.15, 0.2) is 94.7 Å². The second-order valence-corrected chi connectivity index (χ2v) is 12.9. The number of aryl methyl sites for hydroxylation is 1. The Bertz CT molecular complexity index is 1360. The highest BCUT2D eigenvalue weighted by atomic mass is 32.2. The molecule has 0 radical (unpaired) electrons. The third-order valence-electron chi connectivity index (χ3n) is 6.23. The summed E-state index contributed by atoms with van der Waals surface area (Å²) in [4.78, 5) is 12.7. The van der Waals surface area contributed by atoms with Crippen molar-refractivity contribution < 1.29 is 31.6 Å². The van der Waals surface area contributed by atoms with Crippen LogP contribution in [-0.4, -0.2) is 46.1 Å². The molecule has 0 aliphatic rings. The van der Waals surface area contributed by atoms with Crippen molar-refractivity contribution in [2.45, 2.75) is 40.7 Å². The highest BCUT2D eigenvalue weighted by molar-refractivity contribution is 7.92. The Balaban J connectivity index is 1.95. The molecular formula is C27H31NO7S2. The quantitative estimate of drug-likeness (QED) is 0.190. The lowest BCUT2D eigenvalue weighted by Crippen LogP contribution is -2.44. The Morgan fingerprint density at radius 2 is 1.43 bits per heavy atom. The zero-order valence-electron chi connectivity index (χ0n) is 20.5. The third kappa shape index (κ3) is 7.41. The van der Waals surface area contributed by atoms with Gasteiger partial charge in [-0.25, -0.2) is 22.3 Å². The number of hydrogen-bond acceptors (Lipinski definition) is 7. The van der Waals surface area contributed by atoms with Crippen molar-refractivity contribution in [3.8, 4) is 5.75 Å². The maximum atomic E-state index is 13.8. The van der Waals surface area contributed by atoms with Crippen LogP contribution in [-0.2, 0) is 30.9 Å². The fourth-order valence-electron chi connectivity index (χ4n) is 4.23. The van der Waals surface area contributed by atoms with Crippen LogP contribution in [0.4, 0.5) is 0 Å². The SMILES string of the molecule is COc1ccc(S(=O)(=O)C(CCCCc2ccccc2)C(CS(=O)(=O)c2ccccc2)C(=O)NO)cc1. The summed E-state index contributed by atoms with van der Waals surface area (Å²) in [6, 6.07) is 22.9. The van der Waals surface area contributed by atoms with E-state index in [2.05, 4.69) is 0 Å². The van der Waals surface area contributed by atoms with Gasteiger partial charge in [0.1, 0.15) is 5.75 Å². The van der Waals surface area contributed by atoms with E-state index in [1.807, 2.05) is 30.3 Å². The molecule has 0 bridgehead atoms. The number of hydroxylamine groups is 1. The summed E-state index contributed by atoms with van der Waals surface area (Å²) in [6.07, 6.45) is 1.80. The van der Waals surface area contributed by atoms with Gasteiger partial charge in [0.05, 0.1) is 33.8 Å². The molecule has 0 fully saturated rings. The molecule has 3 aromatic carbocycles. The molecule has 0 saturated heterocycles. The summed E-state index contributed by atoms with van der Waals surface area (Å²) in [5.74, 6) is -2.93. The second-order valence-electron chi connectivity index (χ2n) is 8.67. The summed E-state index contributed by atoms with van der Waals surface area (Å²) < 4.78 is 59.0. The number of unbranched alkanes of at least 4 members (excludes halogenated alkanes) is 1. The lowest BCUT2D eigenvalue weighted by Gasteiger charge is -2.26. The number of amides is 1. The fraction of sp³-hybridized carbons (Fsp3) is 0.296. The number of nitrogens with one attached hydrogen (secondary N) is 1. The average Bonchev–Trinajstić information content (AvgIpc) is 2.92. The van der Waals surface area contributed by atoms with Crippen LogP contribution >= 0.6 is 0 Å². The zero-order chi connectivity index (χ0) is 26.9. The number of carbonyl (C=O) groups excluding carboxylic acids is 1. The van der Waals surface area contributed by atoms with Crippen molar-refractivity contribution in [1.82, 2.24) is 5.48 Å². The monoisotopic (exact) mass is 545 g/mol. The van der Waals surface area contributed by atoms with Gasteiger partial charge >= 0.3 is 0 Å². The molecule has 3 aromatic rings. The van der Waals surface area contributed by atoms with Crippen LogP contribution < -0.4 is 10.2 Å². The first kappa shape index (κ1) is 28.4. The van der Waals surface area contributed by atoms with Crippen molar-refractivity contribution >= 4 is 25.6 Å². The van der Waals surface area contributed by atoms with Crippen LogP contribution in [0.25, 0.3) is 0 Å². The van der Waals surface area contributed by atoms with E-state index in [0.717, 1.165) is 5.56 Å². The first-order valence-corrected chi connectivity index (χ1v) is 15.0. The van der Waals surface area contributed by atoms with E-state index >= 15 is 0 Å². The van der Waals surface area contributed by atoms with Crippen molar-refractivity contribution in [2.24, 2.45) is 5.92 Å². The van der Waals surface area contributed by atoms with Gasteiger partial charge in [0, 0.05) is 0 Å². The Morgan fingerprint density at radius 3 is 2.00 bits per heavy atom. The van der Waals surface area contributed by atoms with Gasteiger partial charge in [0.25, 0.3) is 0 Å². The molecule has 2 N–H and O–H groups in total. The highest BCUT2D eigenvalue weighted by Crippen LogP contribution is 2.30. The summed E-state index contributed by atoms with van der Waals surface area (Å²) in [7, 11) is -6.76. The zero-order valence-corrected chi connectivity index (χ0v) is 22.1. The molecule has 2 unspecified atom stereocenters. The molecule has 0 heterocycles. The van der Waals surface area contributed by atoms with E-state index in [-0.39, 0.29) is 16.2 Å². The molecule has 0 aliphatic heterocycles. The van der Waals surface area contributed by atoms with E-state index in [1.165, 1.54) is 49.0 Å². The van der Waals surface area contributed by atoms with Gasteiger partial charge < -0.3 is 4.74 Å². The number of ether oxygens (including phenoxy) is 1. The minimum absolute atomic E-state index is 0.0313. The predicted molar refractivity (Wildman–Crippen MR) is 140 cm³/mol. The minimum Gasteiger partial charge on any atom is -0.497 e. The second kappa shape index (κ2) is 12.8. The van der Waals surface area contributed by atoms with E-state index < -0.39 is 42.5 Å². The molecule has 198 valence electrons. The Kier molecular flexibility index (Phi) is 9.85. The van der Waals surface area contributed by atoms with Crippen molar-refractivity contribution in [3.63, 3.8) is 0 Å². The van der Waals surface area contributed by atoms with Gasteiger partial charge in [-0.05, 0) is 61.2 Å². The van der Waals surface area contributed by atoms with E-state index in [1.54, 1.807) is 18.2 Å². The molecule has 10 heteroatoms. The van der Waals surface area contributed by atoms with Crippen LogP contribution in [0.3, 0.4) is 0 Å². The molecule has 0 spiro atoms.